The second-order valence-electron chi connectivity index (χ2n) is 4.11. The van der Waals surface area contributed by atoms with Gasteiger partial charge < -0.3 is 0 Å². The van der Waals surface area contributed by atoms with Gasteiger partial charge in [-0.1, -0.05) is 19.3 Å². The molecule has 15 heavy (non-hydrogen) atoms. The number of hydrogen-bond acceptors (Lipinski definition) is 2. The first-order chi connectivity index (χ1) is 7.18. The van der Waals surface area contributed by atoms with E-state index in [1.165, 1.54) is 6.42 Å². The van der Waals surface area contributed by atoms with Gasteiger partial charge in [-0.15, -0.1) is 0 Å². The molecule has 1 heterocycles. The van der Waals surface area contributed by atoms with E-state index < -0.39 is 11.9 Å². The average Bonchev–Trinajstić information content (AvgIpc) is 2.25. The first-order valence-electron chi connectivity index (χ1n) is 5.38. The fourth-order valence-electron chi connectivity index (χ4n) is 2.25. The van der Waals surface area contributed by atoms with Crippen molar-refractivity contribution in [2.24, 2.45) is 0 Å². The number of rotatable bonds is 1. The third kappa shape index (κ3) is 2.13. The van der Waals surface area contributed by atoms with Crippen LogP contribution in [0.4, 0.5) is 8.78 Å². The Bertz CT molecular complexity index is 360. The maximum absolute atomic E-state index is 13.0. The average molecular weight is 212 g/mol. The fourth-order valence-corrected chi connectivity index (χ4v) is 2.25. The van der Waals surface area contributed by atoms with E-state index in [2.05, 4.69) is 9.97 Å². The highest BCUT2D eigenvalue weighted by atomic mass is 19.2. The minimum absolute atomic E-state index is 0.265. The molecule has 1 saturated carbocycles. The second kappa shape index (κ2) is 4.21. The van der Waals surface area contributed by atoms with Gasteiger partial charge in [-0.3, -0.25) is 0 Å². The van der Waals surface area contributed by atoms with Crippen LogP contribution in [-0.4, -0.2) is 9.97 Å². The molecule has 0 N–H and O–H groups in total. The Hall–Kier alpha value is -1.06. The van der Waals surface area contributed by atoms with Crippen molar-refractivity contribution in [1.29, 1.82) is 0 Å². The molecule has 1 fully saturated rings. The van der Waals surface area contributed by atoms with Crippen molar-refractivity contribution in [2.45, 2.75) is 44.9 Å². The monoisotopic (exact) mass is 212 g/mol. The lowest BCUT2D eigenvalue weighted by atomic mass is 9.86. The molecule has 1 aliphatic carbocycles. The highest BCUT2D eigenvalue weighted by Gasteiger charge is 2.21. The van der Waals surface area contributed by atoms with Crippen LogP contribution in [0.25, 0.3) is 0 Å². The van der Waals surface area contributed by atoms with Gasteiger partial charge in [0.05, 0.1) is 11.4 Å². The summed E-state index contributed by atoms with van der Waals surface area (Å²) in [5.41, 5.74) is 1.18. The van der Waals surface area contributed by atoms with Crippen molar-refractivity contribution in [3.8, 4) is 0 Å². The fraction of sp³-hybridized carbons (Fsp3) is 0.636. The quantitative estimate of drug-likeness (QED) is 0.714. The van der Waals surface area contributed by atoms with E-state index in [1.807, 2.05) is 0 Å². The van der Waals surface area contributed by atoms with Gasteiger partial charge in [-0.2, -0.15) is 8.78 Å². The molecule has 82 valence electrons. The SMILES string of the molecule is Cc1nc(F)c(F)nc1C1CCCCC1. The van der Waals surface area contributed by atoms with E-state index in [9.17, 15) is 8.78 Å². The van der Waals surface area contributed by atoms with Gasteiger partial charge in [0.15, 0.2) is 0 Å². The summed E-state index contributed by atoms with van der Waals surface area (Å²) in [6.07, 6.45) is 5.55. The van der Waals surface area contributed by atoms with Crippen LogP contribution in [0, 0.1) is 18.8 Å². The van der Waals surface area contributed by atoms with E-state index in [0.29, 0.717) is 11.4 Å². The third-order valence-corrected chi connectivity index (χ3v) is 3.02. The molecule has 4 heteroatoms. The molecule has 0 saturated heterocycles. The Balaban J connectivity index is 2.30. The summed E-state index contributed by atoms with van der Waals surface area (Å²) < 4.78 is 25.7. The normalized spacial score (nSPS) is 18.1. The minimum atomic E-state index is -1.09. The molecule has 1 aliphatic rings. The van der Waals surface area contributed by atoms with E-state index in [1.54, 1.807) is 6.92 Å². The van der Waals surface area contributed by atoms with Crippen molar-refractivity contribution >= 4 is 0 Å². The Labute approximate surface area is 87.8 Å². The highest BCUT2D eigenvalue weighted by Crippen LogP contribution is 2.32. The maximum Gasteiger partial charge on any atom is 0.268 e. The van der Waals surface area contributed by atoms with Crippen LogP contribution in [0.2, 0.25) is 0 Å². The van der Waals surface area contributed by atoms with Gasteiger partial charge in [0.1, 0.15) is 0 Å². The minimum Gasteiger partial charge on any atom is -0.219 e. The third-order valence-electron chi connectivity index (χ3n) is 3.02. The van der Waals surface area contributed by atoms with E-state index in [-0.39, 0.29) is 5.92 Å². The molecule has 0 aliphatic heterocycles. The maximum atomic E-state index is 13.0. The zero-order valence-electron chi connectivity index (χ0n) is 8.76. The van der Waals surface area contributed by atoms with Gasteiger partial charge in [-0.25, -0.2) is 9.97 Å². The predicted octanol–water partition coefficient (Wildman–Crippen LogP) is 3.11. The van der Waals surface area contributed by atoms with Crippen molar-refractivity contribution < 1.29 is 8.78 Å². The molecular weight excluding hydrogens is 198 g/mol. The number of aryl methyl sites for hydroxylation is 1. The molecule has 2 rings (SSSR count). The lowest BCUT2D eigenvalue weighted by Crippen LogP contribution is -2.12. The molecule has 1 aromatic rings. The van der Waals surface area contributed by atoms with Gasteiger partial charge in [0.25, 0.3) is 11.9 Å². The molecular formula is C11H14F2N2. The molecule has 0 radical (unpaired) electrons. The van der Waals surface area contributed by atoms with Crippen molar-refractivity contribution in [3.05, 3.63) is 23.3 Å². The largest absolute Gasteiger partial charge is 0.268 e. The van der Waals surface area contributed by atoms with Gasteiger partial charge in [0.2, 0.25) is 0 Å². The summed E-state index contributed by atoms with van der Waals surface area (Å²) in [6.45, 7) is 1.69. The number of nitrogens with zero attached hydrogens (tertiary/aromatic N) is 2. The molecule has 0 unspecified atom stereocenters. The molecule has 0 amide bonds. The summed E-state index contributed by atoms with van der Waals surface area (Å²) in [5.74, 6) is -1.89. The van der Waals surface area contributed by atoms with Crippen LogP contribution in [0.5, 0.6) is 0 Å². The summed E-state index contributed by atoms with van der Waals surface area (Å²) in [7, 11) is 0. The van der Waals surface area contributed by atoms with Crippen LogP contribution >= 0.6 is 0 Å². The zero-order chi connectivity index (χ0) is 10.8. The van der Waals surface area contributed by atoms with Gasteiger partial charge in [0, 0.05) is 5.92 Å². The summed E-state index contributed by atoms with van der Waals surface area (Å²) >= 11 is 0. The topological polar surface area (TPSA) is 25.8 Å². The molecule has 0 aromatic carbocycles. The van der Waals surface area contributed by atoms with E-state index in [4.69, 9.17) is 0 Å². The standard InChI is InChI=1S/C11H14F2N2/c1-7-9(8-5-3-2-4-6-8)15-11(13)10(12)14-7/h8H,2-6H2,1H3. The zero-order valence-corrected chi connectivity index (χ0v) is 8.76. The van der Waals surface area contributed by atoms with Crippen LogP contribution in [0.3, 0.4) is 0 Å². The molecule has 2 nitrogen and oxygen atoms in total. The molecule has 1 aromatic heterocycles. The molecule has 0 spiro atoms. The molecule has 0 atom stereocenters. The molecule has 0 bridgehead atoms. The van der Waals surface area contributed by atoms with Crippen LogP contribution in [0.1, 0.15) is 49.4 Å². The van der Waals surface area contributed by atoms with Crippen molar-refractivity contribution in [3.63, 3.8) is 0 Å². The smallest absolute Gasteiger partial charge is 0.219 e. The van der Waals surface area contributed by atoms with Gasteiger partial charge in [-0.05, 0) is 19.8 Å². The summed E-state index contributed by atoms with van der Waals surface area (Å²) in [6, 6.07) is 0. The lowest BCUT2D eigenvalue weighted by molar-refractivity contribution is 0.405. The van der Waals surface area contributed by atoms with E-state index in [0.717, 1.165) is 25.7 Å². The second-order valence-corrected chi connectivity index (χ2v) is 4.11. The Morgan fingerprint density at radius 1 is 1.00 bits per heavy atom. The predicted molar refractivity (Wildman–Crippen MR) is 52.5 cm³/mol. The first-order valence-corrected chi connectivity index (χ1v) is 5.38. The van der Waals surface area contributed by atoms with Crippen LogP contribution in [0.15, 0.2) is 0 Å². The van der Waals surface area contributed by atoms with Crippen LogP contribution < -0.4 is 0 Å². The first kappa shape index (κ1) is 10.5. The number of halogens is 2. The highest BCUT2D eigenvalue weighted by molar-refractivity contribution is 5.15. The number of aromatic nitrogens is 2. The van der Waals surface area contributed by atoms with E-state index >= 15 is 0 Å². The van der Waals surface area contributed by atoms with Crippen LogP contribution in [-0.2, 0) is 0 Å². The Kier molecular flexibility index (Phi) is 2.93. The summed E-state index contributed by atoms with van der Waals surface area (Å²) in [4.78, 5) is 7.24. The summed E-state index contributed by atoms with van der Waals surface area (Å²) in [5, 5.41) is 0. The number of hydrogen-bond donors (Lipinski definition) is 0. The Morgan fingerprint density at radius 3 is 2.27 bits per heavy atom. The Morgan fingerprint density at radius 2 is 1.60 bits per heavy atom. The van der Waals surface area contributed by atoms with Crippen molar-refractivity contribution in [2.75, 3.05) is 0 Å². The lowest BCUT2D eigenvalue weighted by Gasteiger charge is -2.21. The van der Waals surface area contributed by atoms with Gasteiger partial charge >= 0.3 is 0 Å². The van der Waals surface area contributed by atoms with Crippen molar-refractivity contribution in [1.82, 2.24) is 9.97 Å².